The number of aromatic nitrogens is 5. The zero-order valence-corrected chi connectivity index (χ0v) is 11.6. The summed E-state index contributed by atoms with van der Waals surface area (Å²) in [4.78, 5) is 14.7. The normalized spacial score (nSPS) is 11.5. The second kappa shape index (κ2) is 5.76. The van der Waals surface area contributed by atoms with Gasteiger partial charge >= 0.3 is 6.18 Å². The first kappa shape index (κ1) is 15.6. The molecule has 7 nitrogen and oxygen atoms in total. The van der Waals surface area contributed by atoms with Crippen LogP contribution in [0.25, 0.3) is 11.5 Å². The molecule has 0 saturated heterocycles. The predicted molar refractivity (Wildman–Crippen MR) is 73.3 cm³/mol. The van der Waals surface area contributed by atoms with Gasteiger partial charge in [-0.2, -0.15) is 18.4 Å². The highest BCUT2D eigenvalue weighted by atomic mass is 19.4. The second-order valence-electron chi connectivity index (χ2n) is 4.64. The van der Waals surface area contributed by atoms with Crippen LogP contribution in [0.2, 0.25) is 0 Å². The number of carbonyl (C=O) groups is 1. The summed E-state index contributed by atoms with van der Waals surface area (Å²) in [5.41, 5.74) is -1.69. The van der Waals surface area contributed by atoms with Crippen molar-refractivity contribution in [3.8, 4) is 11.5 Å². The van der Waals surface area contributed by atoms with Gasteiger partial charge in [-0.3, -0.25) is 4.79 Å². The van der Waals surface area contributed by atoms with Crippen molar-refractivity contribution in [3.05, 3.63) is 47.4 Å². The summed E-state index contributed by atoms with van der Waals surface area (Å²) < 4.78 is 51.9. The van der Waals surface area contributed by atoms with Gasteiger partial charge in [-0.15, -0.1) is 10.2 Å². The number of hydrogen-bond acceptors (Lipinski definition) is 4. The summed E-state index contributed by atoms with van der Waals surface area (Å²) in [5.74, 6) is -2.18. The van der Waals surface area contributed by atoms with Crippen molar-refractivity contribution in [2.45, 2.75) is 6.18 Å². The summed E-state index contributed by atoms with van der Waals surface area (Å²) in [5, 5.41) is 15.1. The molecule has 0 aliphatic heterocycles. The van der Waals surface area contributed by atoms with Crippen molar-refractivity contribution in [2.75, 3.05) is 5.32 Å². The monoisotopic (exact) mass is 340 g/mol. The molecule has 0 spiro atoms. The second-order valence-corrected chi connectivity index (χ2v) is 4.64. The SMILES string of the molecule is O=C(Nc1cccc(C(F)(F)F)c1F)c1ccc(-c2nn[nH]n2)[nH]1. The molecule has 3 rings (SSSR count). The number of tetrazole rings is 1. The van der Waals surface area contributed by atoms with Gasteiger partial charge in [0.05, 0.1) is 16.9 Å². The third kappa shape index (κ3) is 2.95. The lowest BCUT2D eigenvalue weighted by molar-refractivity contribution is -0.139. The van der Waals surface area contributed by atoms with E-state index in [9.17, 15) is 22.4 Å². The highest BCUT2D eigenvalue weighted by molar-refractivity contribution is 6.03. The molecule has 11 heteroatoms. The number of amides is 1. The van der Waals surface area contributed by atoms with E-state index in [0.717, 1.165) is 12.1 Å². The Bertz CT molecular complexity index is 871. The van der Waals surface area contributed by atoms with Gasteiger partial charge in [-0.1, -0.05) is 6.07 Å². The van der Waals surface area contributed by atoms with Crippen LogP contribution < -0.4 is 5.32 Å². The molecule has 0 atom stereocenters. The molecule has 0 aliphatic rings. The minimum Gasteiger partial charge on any atom is -0.348 e. The third-order valence-electron chi connectivity index (χ3n) is 3.07. The van der Waals surface area contributed by atoms with Crippen molar-refractivity contribution in [1.82, 2.24) is 25.6 Å². The molecule has 2 aromatic heterocycles. The number of aromatic amines is 2. The van der Waals surface area contributed by atoms with Crippen LogP contribution in [0, 0.1) is 5.82 Å². The number of alkyl halides is 3. The molecule has 3 N–H and O–H groups in total. The van der Waals surface area contributed by atoms with Crippen molar-refractivity contribution < 1.29 is 22.4 Å². The molecule has 3 aromatic rings. The van der Waals surface area contributed by atoms with Crippen molar-refractivity contribution >= 4 is 11.6 Å². The minimum absolute atomic E-state index is 0.00777. The van der Waals surface area contributed by atoms with Crippen LogP contribution in [0.4, 0.5) is 23.2 Å². The van der Waals surface area contributed by atoms with Gasteiger partial charge in [0.1, 0.15) is 5.69 Å². The molecule has 0 bridgehead atoms. The number of nitrogens with one attached hydrogen (secondary N) is 3. The van der Waals surface area contributed by atoms with Crippen molar-refractivity contribution in [2.24, 2.45) is 0 Å². The van der Waals surface area contributed by atoms with Gasteiger partial charge in [0.25, 0.3) is 5.91 Å². The molecule has 0 aliphatic carbocycles. The van der Waals surface area contributed by atoms with Crippen LogP contribution in [-0.2, 0) is 6.18 Å². The lowest BCUT2D eigenvalue weighted by Crippen LogP contribution is -2.16. The van der Waals surface area contributed by atoms with Crippen molar-refractivity contribution in [1.29, 1.82) is 0 Å². The maximum Gasteiger partial charge on any atom is 0.419 e. The molecule has 0 saturated carbocycles. The quantitative estimate of drug-likeness (QED) is 0.638. The highest BCUT2D eigenvalue weighted by Gasteiger charge is 2.35. The Hall–Kier alpha value is -3.24. The first-order chi connectivity index (χ1) is 11.4. The number of nitrogens with zero attached hydrogens (tertiary/aromatic N) is 3. The maximum atomic E-state index is 13.9. The van der Waals surface area contributed by atoms with Crippen LogP contribution >= 0.6 is 0 Å². The zero-order chi connectivity index (χ0) is 17.3. The van der Waals surface area contributed by atoms with Gasteiger partial charge in [0.2, 0.25) is 5.82 Å². The van der Waals surface area contributed by atoms with E-state index >= 15 is 0 Å². The number of benzene rings is 1. The van der Waals surface area contributed by atoms with E-state index in [1.807, 2.05) is 0 Å². The first-order valence-electron chi connectivity index (χ1n) is 6.46. The van der Waals surface area contributed by atoms with E-state index in [0.29, 0.717) is 11.8 Å². The standard InChI is InChI=1S/C13H8F4N6O/c14-10-6(13(15,16)17)2-1-3-7(10)19-12(24)9-5-4-8(18-9)11-20-22-23-21-11/h1-5,18H,(H,19,24)(H,20,21,22,23). The largest absolute Gasteiger partial charge is 0.419 e. The molecule has 0 radical (unpaired) electrons. The van der Waals surface area contributed by atoms with E-state index < -0.39 is 29.2 Å². The average molecular weight is 340 g/mol. The Morgan fingerprint density at radius 2 is 1.96 bits per heavy atom. The Morgan fingerprint density at radius 1 is 1.17 bits per heavy atom. The molecule has 0 unspecified atom stereocenters. The highest BCUT2D eigenvalue weighted by Crippen LogP contribution is 2.34. The van der Waals surface area contributed by atoms with Gasteiger partial charge in [0, 0.05) is 0 Å². The fraction of sp³-hybridized carbons (Fsp3) is 0.0769. The Labute approximate surface area is 131 Å². The third-order valence-corrected chi connectivity index (χ3v) is 3.07. The van der Waals surface area contributed by atoms with Crippen LogP contribution in [0.5, 0.6) is 0 Å². The Morgan fingerprint density at radius 3 is 2.62 bits per heavy atom. The fourth-order valence-corrected chi connectivity index (χ4v) is 1.97. The number of anilines is 1. The number of H-pyrrole nitrogens is 2. The smallest absolute Gasteiger partial charge is 0.348 e. The number of rotatable bonds is 3. The average Bonchev–Trinajstić information content (AvgIpc) is 3.18. The number of carbonyl (C=O) groups excluding carboxylic acids is 1. The first-order valence-corrected chi connectivity index (χ1v) is 6.46. The zero-order valence-electron chi connectivity index (χ0n) is 11.6. The summed E-state index contributed by atoms with van der Waals surface area (Å²) in [6.07, 6.45) is -4.86. The van der Waals surface area contributed by atoms with Crippen LogP contribution in [0.15, 0.2) is 30.3 Å². The summed E-state index contributed by atoms with van der Waals surface area (Å²) in [6, 6.07) is 5.45. The summed E-state index contributed by atoms with van der Waals surface area (Å²) >= 11 is 0. The molecule has 0 fully saturated rings. The minimum atomic E-state index is -4.86. The topological polar surface area (TPSA) is 99.3 Å². The molecule has 2 heterocycles. The van der Waals surface area contributed by atoms with Crippen LogP contribution in [0.3, 0.4) is 0 Å². The number of halogens is 4. The molecule has 1 amide bonds. The Balaban J connectivity index is 1.83. The predicted octanol–water partition coefficient (Wildman–Crippen LogP) is 2.60. The Kier molecular flexibility index (Phi) is 3.75. The molecular weight excluding hydrogens is 332 g/mol. The van der Waals surface area contributed by atoms with Gasteiger partial charge in [0.15, 0.2) is 5.82 Å². The summed E-state index contributed by atoms with van der Waals surface area (Å²) in [7, 11) is 0. The molecule has 1 aromatic carbocycles. The van der Waals surface area contributed by atoms with Crippen molar-refractivity contribution in [3.63, 3.8) is 0 Å². The van der Waals surface area contributed by atoms with Gasteiger partial charge < -0.3 is 10.3 Å². The van der Waals surface area contributed by atoms with E-state index in [1.54, 1.807) is 0 Å². The van der Waals surface area contributed by atoms with Gasteiger partial charge in [-0.25, -0.2) is 4.39 Å². The molecule has 24 heavy (non-hydrogen) atoms. The lowest BCUT2D eigenvalue weighted by Gasteiger charge is -2.11. The lowest BCUT2D eigenvalue weighted by atomic mass is 10.1. The van der Waals surface area contributed by atoms with Crippen LogP contribution in [0.1, 0.15) is 16.1 Å². The van der Waals surface area contributed by atoms with E-state index in [2.05, 4.69) is 30.9 Å². The molecule has 124 valence electrons. The fourth-order valence-electron chi connectivity index (χ4n) is 1.97. The summed E-state index contributed by atoms with van der Waals surface area (Å²) in [6.45, 7) is 0. The van der Waals surface area contributed by atoms with E-state index in [4.69, 9.17) is 0 Å². The van der Waals surface area contributed by atoms with E-state index in [-0.39, 0.29) is 11.5 Å². The van der Waals surface area contributed by atoms with Crippen LogP contribution in [-0.4, -0.2) is 31.5 Å². The molecular formula is C13H8F4N6O. The number of hydrogen-bond donors (Lipinski definition) is 3. The van der Waals surface area contributed by atoms with E-state index in [1.165, 1.54) is 12.1 Å². The maximum absolute atomic E-state index is 13.9. The van der Waals surface area contributed by atoms with Gasteiger partial charge in [-0.05, 0) is 29.5 Å².